The first-order chi connectivity index (χ1) is 10.2. The topological polar surface area (TPSA) is 24.9 Å². The van der Waals surface area contributed by atoms with Crippen molar-refractivity contribution in [3.05, 3.63) is 65.2 Å². The number of benzene rings is 1. The maximum absolute atomic E-state index is 13.1. The summed E-state index contributed by atoms with van der Waals surface area (Å²) in [4.78, 5) is 4.12. The molecule has 0 bridgehead atoms. The van der Waals surface area contributed by atoms with Gasteiger partial charge in [0.2, 0.25) is 0 Å². The van der Waals surface area contributed by atoms with Crippen LogP contribution in [0.25, 0.3) is 0 Å². The van der Waals surface area contributed by atoms with E-state index in [1.54, 1.807) is 0 Å². The average Bonchev–Trinajstić information content (AvgIpc) is 2.50. The smallest absolute Gasteiger partial charge is 0.123 e. The van der Waals surface area contributed by atoms with Gasteiger partial charge in [-0.05, 0) is 48.2 Å². The van der Waals surface area contributed by atoms with Crippen LogP contribution in [0.15, 0.2) is 42.7 Å². The van der Waals surface area contributed by atoms with Crippen LogP contribution in [0.1, 0.15) is 48.9 Å². The number of hydrogen-bond donors (Lipinski definition) is 1. The second-order valence-electron chi connectivity index (χ2n) is 5.43. The minimum absolute atomic E-state index is 0.182. The summed E-state index contributed by atoms with van der Waals surface area (Å²) in [5.74, 6) is -0.182. The lowest BCUT2D eigenvalue weighted by Gasteiger charge is -2.20. The van der Waals surface area contributed by atoms with Crippen LogP contribution < -0.4 is 5.32 Å². The molecule has 1 aromatic carbocycles. The van der Waals surface area contributed by atoms with E-state index < -0.39 is 0 Å². The lowest BCUT2D eigenvalue weighted by Crippen LogP contribution is -2.21. The van der Waals surface area contributed by atoms with Crippen LogP contribution in [0.4, 0.5) is 4.39 Å². The summed E-state index contributed by atoms with van der Waals surface area (Å²) in [6, 6.07) is 9.13. The number of nitrogens with zero attached hydrogens (tertiary/aromatic N) is 1. The molecule has 2 aromatic rings. The van der Waals surface area contributed by atoms with Crippen molar-refractivity contribution < 1.29 is 4.39 Å². The van der Waals surface area contributed by atoms with E-state index in [1.165, 1.54) is 23.3 Å². The predicted molar refractivity (Wildman–Crippen MR) is 84.5 cm³/mol. The number of aryl methyl sites for hydroxylation is 1. The molecule has 1 heterocycles. The van der Waals surface area contributed by atoms with Gasteiger partial charge in [-0.1, -0.05) is 31.9 Å². The molecule has 1 unspecified atom stereocenters. The number of halogens is 1. The van der Waals surface area contributed by atoms with Crippen LogP contribution in [-0.4, -0.2) is 4.98 Å². The Hall–Kier alpha value is -1.74. The van der Waals surface area contributed by atoms with Crippen LogP contribution in [0.3, 0.4) is 0 Å². The van der Waals surface area contributed by atoms with Gasteiger partial charge in [0.25, 0.3) is 0 Å². The summed E-state index contributed by atoms with van der Waals surface area (Å²) in [6.45, 7) is 5.07. The fraction of sp³-hybridized carbons (Fsp3) is 0.389. The number of rotatable bonds is 7. The Kier molecular flexibility index (Phi) is 5.88. The number of unbranched alkanes of at least 4 members (excludes halogenated alkanes) is 1. The van der Waals surface area contributed by atoms with Crippen molar-refractivity contribution in [2.75, 3.05) is 0 Å². The van der Waals surface area contributed by atoms with Crippen molar-refractivity contribution in [3.63, 3.8) is 0 Å². The first-order valence-electron chi connectivity index (χ1n) is 7.59. The Bertz CT molecular complexity index is 551. The molecule has 2 rings (SSSR count). The molecule has 2 nitrogen and oxygen atoms in total. The number of hydrogen-bond acceptors (Lipinski definition) is 2. The molecule has 1 aromatic heterocycles. The minimum atomic E-state index is -0.182. The monoisotopic (exact) mass is 286 g/mol. The Morgan fingerprint density at radius 3 is 2.62 bits per heavy atom. The van der Waals surface area contributed by atoms with E-state index in [4.69, 9.17) is 0 Å². The van der Waals surface area contributed by atoms with Gasteiger partial charge in [0.15, 0.2) is 0 Å². The van der Waals surface area contributed by atoms with Gasteiger partial charge in [-0.15, -0.1) is 0 Å². The molecule has 21 heavy (non-hydrogen) atoms. The minimum Gasteiger partial charge on any atom is -0.306 e. The fourth-order valence-corrected chi connectivity index (χ4v) is 2.42. The Morgan fingerprint density at radius 2 is 1.95 bits per heavy atom. The van der Waals surface area contributed by atoms with E-state index in [0.29, 0.717) is 0 Å². The van der Waals surface area contributed by atoms with Gasteiger partial charge in [0, 0.05) is 25.0 Å². The summed E-state index contributed by atoms with van der Waals surface area (Å²) >= 11 is 0. The van der Waals surface area contributed by atoms with E-state index in [0.717, 1.165) is 31.4 Å². The molecule has 0 aliphatic carbocycles. The largest absolute Gasteiger partial charge is 0.306 e. The zero-order valence-electron chi connectivity index (χ0n) is 12.8. The first-order valence-corrected chi connectivity index (χ1v) is 7.59. The number of aromatic nitrogens is 1. The summed E-state index contributed by atoms with van der Waals surface area (Å²) in [5, 5.41) is 3.60. The summed E-state index contributed by atoms with van der Waals surface area (Å²) in [6.07, 6.45) is 7.09. The molecule has 3 heteroatoms. The van der Waals surface area contributed by atoms with Crippen molar-refractivity contribution in [3.8, 4) is 0 Å². The zero-order chi connectivity index (χ0) is 15.1. The Morgan fingerprint density at radius 1 is 1.19 bits per heavy atom. The fourth-order valence-electron chi connectivity index (χ4n) is 2.42. The standard InChI is InChI=1S/C18H23FN2/c1-3-4-5-18(15-6-8-17(19)9-7-15)21-13-16-10-11-20-12-14(16)2/h6-12,18,21H,3-5,13H2,1-2H3. The highest BCUT2D eigenvalue weighted by Gasteiger charge is 2.11. The van der Waals surface area contributed by atoms with E-state index in [9.17, 15) is 4.39 Å². The number of nitrogens with one attached hydrogen (secondary N) is 1. The van der Waals surface area contributed by atoms with Crippen molar-refractivity contribution in [1.29, 1.82) is 0 Å². The van der Waals surface area contributed by atoms with E-state index in [2.05, 4.69) is 24.1 Å². The highest BCUT2D eigenvalue weighted by molar-refractivity contribution is 5.23. The molecule has 1 N–H and O–H groups in total. The van der Waals surface area contributed by atoms with Crippen LogP contribution in [0, 0.1) is 12.7 Å². The Balaban J connectivity index is 2.06. The molecule has 0 aliphatic rings. The normalized spacial score (nSPS) is 12.3. The van der Waals surface area contributed by atoms with Gasteiger partial charge in [-0.3, -0.25) is 4.98 Å². The van der Waals surface area contributed by atoms with Gasteiger partial charge >= 0.3 is 0 Å². The second-order valence-corrected chi connectivity index (χ2v) is 5.43. The maximum atomic E-state index is 13.1. The summed E-state index contributed by atoms with van der Waals surface area (Å²) in [7, 11) is 0. The SMILES string of the molecule is CCCCC(NCc1ccncc1C)c1ccc(F)cc1. The third kappa shape index (κ3) is 4.64. The zero-order valence-corrected chi connectivity index (χ0v) is 12.8. The third-order valence-electron chi connectivity index (χ3n) is 3.79. The highest BCUT2D eigenvalue weighted by atomic mass is 19.1. The molecule has 0 spiro atoms. The van der Waals surface area contributed by atoms with Gasteiger partial charge in [0.05, 0.1) is 0 Å². The molecule has 1 atom stereocenters. The second kappa shape index (κ2) is 7.89. The molecule has 112 valence electrons. The van der Waals surface area contributed by atoms with E-state index >= 15 is 0 Å². The van der Waals surface area contributed by atoms with Crippen LogP contribution in [0.2, 0.25) is 0 Å². The Labute approximate surface area is 126 Å². The van der Waals surface area contributed by atoms with Gasteiger partial charge in [-0.25, -0.2) is 4.39 Å². The highest BCUT2D eigenvalue weighted by Crippen LogP contribution is 2.21. The van der Waals surface area contributed by atoms with Crippen molar-refractivity contribution in [2.24, 2.45) is 0 Å². The molecule has 0 fully saturated rings. The van der Waals surface area contributed by atoms with Crippen LogP contribution in [0.5, 0.6) is 0 Å². The average molecular weight is 286 g/mol. The molecule has 0 amide bonds. The molecular weight excluding hydrogens is 263 g/mol. The van der Waals surface area contributed by atoms with Gasteiger partial charge < -0.3 is 5.32 Å². The predicted octanol–water partition coefficient (Wildman–Crippen LogP) is 4.55. The van der Waals surface area contributed by atoms with Gasteiger partial charge in [-0.2, -0.15) is 0 Å². The van der Waals surface area contributed by atoms with Crippen LogP contribution >= 0.6 is 0 Å². The van der Waals surface area contributed by atoms with E-state index in [-0.39, 0.29) is 11.9 Å². The van der Waals surface area contributed by atoms with Crippen molar-refractivity contribution in [2.45, 2.75) is 45.7 Å². The summed E-state index contributed by atoms with van der Waals surface area (Å²) in [5.41, 5.74) is 3.60. The lowest BCUT2D eigenvalue weighted by atomic mass is 10.0. The third-order valence-corrected chi connectivity index (χ3v) is 3.79. The molecule has 0 radical (unpaired) electrons. The van der Waals surface area contributed by atoms with Crippen molar-refractivity contribution >= 4 is 0 Å². The number of pyridine rings is 1. The van der Waals surface area contributed by atoms with E-state index in [1.807, 2.05) is 30.6 Å². The first kappa shape index (κ1) is 15.6. The van der Waals surface area contributed by atoms with Crippen LogP contribution in [-0.2, 0) is 6.54 Å². The van der Waals surface area contributed by atoms with Crippen molar-refractivity contribution in [1.82, 2.24) is 10.3 Å². The molecular formula is C18H23FN2. The molecule has 0 saturated carbocycles. The lowest BCUT2D eigenvalue weighted by molar-refractivity contribution is 0.479. The molecule has 0 aliphatic heterocycles. The molecule has 0 saturated heterocycles. The van der Waals surface area contributed by atoms with Gasteiger partial charge in [0.1, 0.15) is 5.82 Å². The maximum Gasteiger partial charge on any atom is 0.123 e. The summed E-state index contributed by atoms with van der Waals surface area (Å²) < 4.78 is 13.1. The quantitative estimate of drug-likeness (QED) is 0.807.